The molecule has 0 atom stereocenters. The number of nitrogens with zero attached hydrogens (tertiary/aromatic N) is 3. The Kier molecular flexibility index (Phi) is 3.84. The number of thiophene rings is 1. The molecule has 0 unspecified atom stereocenters. The van der Waals surface area contributed by atoms with Crippen LogP contribution in [-0.4, -0.2) is 26.3 Å². The molecule has 8 heteroatoms. The number of ketones is 1. The fraction of sp³-hybridized carbons (Fsp3) is 0.364. The molecule has 19 heavy (non-hydrogen) atoms. The number of rotatable bonds is 5. The van der Waals surface area contributed by atoms with Gasteiger partial charge in [-0.25, -0.2) is 0 Å². The minimum absolute atomic E-state index is 0.0384. The lowest BCUT2D eigenvalue weighted by atomic mass is 10.2. The molecule has 1 aliphatic rings. The van der Waals surface area contributed by atoms with Gasteiger partial charge in [0.15, 0.2) is 10.9 Å². The smallest absolute Gasteiger partial charge is 0.191 e. The van der Waals surface area contributed by atoms with E-state index in [1.165, 1.54) is 23.1 Å². The summed E-state index contributed by atoms with van der Waals surface area (Å²) in [6.45, 7) is 0. The van der Waals surface area contributed by atoms with Gasteiger partial charge in [0, 0.05) is 11.6 Å². The van der Waals surface area contributed by atoms with Crippen molar-refractivity contribution in [3.63, 3.8) is 0 Å². The van der Waals surface area contributed by atoms with Crippen LogP contribution in [0.3, 0.4) is 0 Å². The van der Waals surface area contributed by atoms with E-state index in [-0.39, 0.29) is 11.5 Å². The van der Waals surface area contributed by atoms with Crippen LogP contribution >= 0.6 is 46.3 Å². The molecule has 2 aromatic rings. The van der Waals surface area contributed by atoms with Crippen LogP contribution in [0.25, 0.3) is 0 Å². The first-order valence-corrected chi connectivity index (χ1v) is 8.21. The van der Waals surface area contributed by atoms with Crippen molar-refractivity contribution in [2.24, 2.45) is 0 Å². The zero-order valence-electron chi connectivity index (χ0n) is 9.68. The number of hydrogen-bond donors (Lipinski definition) is 0. The summed E-state index contributed by atoms with van der Waals surface area (Å²) in [5.41, 5.74) is 0.488. The molecule has 1 fully saturated rings. The Morgan fingerprint density at radius 2 is 2.32 bits per heavy atom. The summed E-state index contributed by atoms with van der Waals surface area (Å²) in [5.74, 6) is 0.251. The van der Waals surface area contributed by atoms with Gasteiger partial charge in [-0.3, -0.25) is 4.79 Å². The van der Waals surface area contributed by atoms with Gasteiger partial charge in [0.25, 0.3) is 0 Å². The standard InChI is InChI=1S/C11H9Cl2N3OS2/c12-9-3-7(10(13)19-9)8(17)4-18-11-15-14-5-16(11)6-1-2-6/h3,5-6H,1-2,4H2. The summed E-state index contributed by atoms with van der Waals surface area (Å²) in [4.78, 5) is 12.1. The summed E-state index contributed by atoms with van der Waals surface area (Å²) in [7, 11) is 0. The first-order valence-electron chi connectivity index (χ1n) is 5.65. The Labute approximate surface area is 128 Å². The largest absolute Gasteiger partial charge is 0.306 e. The number of aromatic nitrogens is 3. The zero-order chi connectivity index (χ0) is 13.4. The predicted octanol–water partition coefficient (Wildman–Crippen LogP) is 3.96. The molecule has 0 spiro atoms. The van der Waals surface area contributed by atoms with Gasteiger partial charge in [-0.05, 0) is 18.9 Å². The maximum Gasteiger partial charge on any atom is 0.191 e. The summed E-state index contributed by atoms with van der Waals surface area (Å²) in [6.07, 6.45) is 4.04. The topological polar surface area (TPSA) is 47.8 Å². The fourth-order valence-corrected chi connectivity index (χ4v) is 4.04. The minimum Gasteiger partial charge on any atom is -0.306 e. The van der Waals surface area contributed by atoms with E-state index in [0.29, 0.717) is 20.3 Å². The number of carbonyl (C=O) groups excluding carboxylic acids is 1. The van der Waals surface area contributed by atoms with Gasteiger partial charge < -0.3 is 4.57 Å². The van der Waals surface area contributed by atoms with Crippen molar-refractivity contribution in [1.29, 1.82) is 0 Å². The highest BCUT2D eigenvalue weighted by molar-refractivity contribution is 7.99. The Bertz CT molecular complexity index is 621. The molecule has 0 saturated heterocycles. The zero-order valence-corrected chi connectivity index (χ0v) is 12.8. The van der Waals surface area contributed by atoms with Crippen LogP contribution in [0, 0.1) is 0 Å². The Balaban J connectivity index is 1.67. The normalized spacial score (nSPS) is 14.8. The van der Waals surface area contributed by atoms with Gasteiger partial charge in [-0.2, -0.15) is 0 Å². The number of carbonyl (C=O) groups is 1. The highest BCUT2D eigenvalue weighted by Gasteiger charge is 2.26. The second kappa shape index (κ2) is 5.44. The molecular weight excluding hydrogens is 325 g/mol. The SMILES string of the molecule is O=C(CSc1nncn1C1CC1)c1cc(Cl)sc1Cl. The number of thioether (sulfide) groups is 1. The molecule has 4 nitrogen and oxygen atoms in total. The van der Waals surface area contributed by atoms with E-state index in [0.717, 1.165) is 18.0 Å². The lowest BCUT2D eigenvalue weighted by Gasteiger charge is -2.03. The van der Waals surface area contributed by atoms with Crippen molar-refractivity contribution in [2.45, 2.75) is 24.0 Å². The highest BCUT2D eigenvalue weighted by Crippen LogP contribution is 2.37. The average Bonchev–Trinajstić information content (AvgIpc) is 3.01. The second-order valence-electron chi connectivity index (χ2n) is 4.20. The molecule has 0 amide bonds. The van der Waals surface area contributed by atoms with Crippen LogP contribution in [0.5, 0.6) is 0 Å². The molecule has 3 rings (SSSR count). The third-order valence-corrected chi connectivity index (χ3v) is 5.21. The van der Waals surface area contributed by atoms with Crippen LogP contribution in [0.15, 0.2) is 17.6 Å². The molecule has 0 bridgehead atoms. The third-order valence-electron chi connectivity index (χ3n) is 2.77. The van der Waals surface area contributed by atoms with Gasteiger partial charge in [0.2, 0.25) is 0 Å². The molecule has 0 aromatic carbocycles. The molecule has 2 aromatic heterocycles. The third kappa shape index (κ3) is 2.97. The first-order chi connectivity index (χ1) is 9.15. The van der Waals surface area contributed by atoms with E-state index in [2.05, 4.69) is 10.2 Å². The fourth-order valence-electron chi connectivity index (χ4n) is 1.68. The molecule has 0 aliphatic heterocycles. The predicted molar refractivity (Wildman–Crippen MR) is 77.7 cm³/mol. The van der Waals surface area contributed by atoms with Crippen molar-refractivity contribution in [2.75, 3.05) is 5.75 Å². The lowest BCUT2D eigenvalue weighted by molar-refractivity contribution is 0.102. The monoisotopic (exact) mass is 333 g/mol. The summed E-state index contributed by atoms with van der Waals surface area (Å²) in [6, 6.07) is 2.12. The van der Waals surface area contributed by atoms with Crippen LogP contribution in [-0.2, 0) is 0 Å². The maximum atomic E-state index is 12.1. The van der Waals surface area contributed by atoms with Gasteiger partial charge in [-0.1, -0.05) is 35.0 Å². The summed E-state index contributed by atoms with van der Waals surface area (Å²) in [5, 5.41) is 8.71. The first kappa shape index (κ1) is 13.4. The number of Topliss-reactive ketones (excluding diaryl/α,β-unsaturated/α-hetero) is 1. The van der Waals surface area contributed by atoms with Crippen LogP contribution < -0.4 is 0 Å². The number of halogens is 2. The van der Waals surface area contributed by atoms with E-state index >= 15 is 0 Å². The molecule has 1 aliphatic carbocycles. The van der Waals surface area contributed by atoms with E-state index < -0.39 is 0 Å². The van der Waals surface area contributed by atoms with Gasteiger partial charge >= 0.3 is 0 Å². The molecule has 100 valence electrons. The van der Waals surface area contributed by atoms with Gasteiger partial charge in [0.1, 0.15) is 10.7 Å². The molecular formula is C11H9Cl2N3OS2. The van der Waals surface area contributed by atoms with Crippen molar-refractivity contribution >= 4 is 52.1 Å². The van der Waals surface area contributed by atoms with Gasteiger partial charge in [-0.15, -0.1) is 21.5 Å². The van der Waals surface area contributed by atoms with E-state index in [1.54, 1.807) is 12.4 Å². The lowest BCUT2D eigenvalue weighted by Crippen LogP contribution is -2.03. The summed E-state index contributed by atoms with van der Waals surface area (Å²) >= 11 is 14.4. The number of hydrogen-bond acceptors (Lipinski definition) is 5. The van der Waals surface area contributed by atoms with E-state index in [1.807, 2.05) is 4.57 Å². The second-order valence-corrected chi connectivity index (χ2v) is 7.43. The average molecular weight is 334 g/mol. The molecule has 1 saturated carbocycles. The van der Waals surface area contributed by atoms with Crippen molar-refractivity contribution < 1.29 is 4.79 Å². The van der Waals surface area contributed by atoms with E-state index in [4.69, 9.17) is 23.2 Å². The van der Waals surface area contributed by atoms with Crippen molar-refractivity contribution in [3.8, 4) is 0 Å². The van der Waals surface area contributed by atoms with E-state index in [9.17, 15) is 4.79 Å². The Hall–Kier alpha value is -0.560. The van der Waals surface area contributed by atoms with Gasteiger partial charge in [0.05, 0.1) is 10.1 Å². The summed E-state index contributed by atoms with van der Waals surface area (Å²) < 4.78 is 3.00. The van der Waals surface area contributed by atoms with Crippen LogP contribution in [0.2, 0.25) is 8.67 Å². The Morgan fingerprint density at radius 1 is 1.53 bits per heavy atom. The molecule has 0 N–H and O–H groups in total. The Morgan fingerprint density at radius 3 is 2.95 bits per heavy atom. The molecule has 0 radical (unpaired) electrons. The highest BCUT2D eigenvalue weighted by atomic mass is 35.5. The van der Waals surface area contributed by atoms with Crippen LogP contribution in [0.4, 0.5) is 0 Å². The van der Waals surface area contributed by atoms with Crippen LogP contribution in [0.1, 0.15) is 29.2 Å². The quantitative estimate of drug-likeness (QED) is 0.613. The molecule has 2 heterocycles. The minimum atomic E-state index is -0.0384. The maximum absolute atomic E-state index is 12.1. The van der Waals surface area contributed by atoms with Crippen molar-refractivity contribution in [3.05, 3.63) is 26.6 Å². The van der Waals surface area contributed by atoms with Crippen molar-refractivity contribution in [1.82, 2.24) is 14.8 Å².